The predicted octanol–water partition coefficient (Wildman–Crippen LogP) is 1.70. The summed E-state index contributed by atoms with van der Waals surface area (Å²) in [6, 6.07) is 0. The first-order chi connectivity index (χ1) is 5.66. The molecule has 0 aromatic carbocycles. The summed E-state index contributed by atoms with van der Waals surface area (Å²) >= 11 is 0. The molecule has 0 spiro atoms. The molecule has 4 N–H and O–H groups in total. The van der Waals surface area contributed by atoms with Crippen LogP contribution < -0.4 is 0 Å². The van der Waals surface area contributed by atoms with E-state index in [1.807, 2.05) is 0 Å². The van der Waals surface area contributed by atoms with Crippen molar-refractivity contribution in [3.05, 3.63) is 0 Å². The molecule has 0 saturated carbocycles. The summed E-state index contributed by atoms with van der Waals surface area (Å²) < 4.78 is 0. The molecular weight excluding hydrogens is 255 g/mol. The highest BCUT2D eigenvalue weighted by Gasteiger charge is 2.03. The zero-order valence-corrected chi connectivity index (χ0v) is 11.5. The van der Waals surface area contributed by atoms with Gasteiger partial charge in [-0.15, -0.1) is 24.8 Å². The molecule has 4 nitrogen and oxygen atoms in total. The molecular formula is C10H24Cl2O4. The summed E-state index contributed by atoms with van der Waals surface area (Å²) in [5, 5.41) is 0. The van der Waals surface area contributed by atoms with Gasteiger partial charge in [0.05, 0.1) is 6.42 Å². The second-order valence-electron chi connectivity index (χ2n) is 3.23. The van der Waals surface area contributed by atoms with Crippen molar-refractivity contribution in [3.63, 3.8) is 0 Å². The first-order valence-electron chi connectivity index (χ1n) is 4.68. The predicted molar refractivity (Wildman–Crippen MR) is 70.8 cm³/mol. The Morgan fingerprint density at radius 3 is 1.81 bits per heavy atom. The van der Waals surface area contributed by atoms with Crippen LogP contribution in [0.25, 0.3) is 0 Å². The van der Waals surface area contributed by atoms with Crippen LogP contribution in [0.5, 0.6) is 0 Å². The molecule has 0 rings (SSSR count). The molecule has 102 valence electrons. The first kappa shape index (κ1) is 29.7. The van der Waals surface area contributed by atoms with E-state index < -0.39 is 0 Å². The fourth-order valence-corrected chi connectivity index (χ4v) is 1.11. The average molecular weight is 279 g/mol. The van der Waals surface area contributed by atoms with E-state index >= 15 is 0 Å². The first-order valence-corrected chi connectivity index (χ1v) is 4.68. The number of unbranched alkanes of at least 4 members (excludes halogenated alkanes) is 3. The van der Waals surface area contributed by atoms with Gasteiger partial charge < -0.3 is 11.0 Å². The Bertz CT molecular complexity index is 163. The van der Waals surface area contributed by atoms with Crippen molar-refractivity contribution in [2.75, 3.05) is 0 Å². The number of hydrogen-bond donors (Lipinski definition) is 0. The lowest BCUT2D eigenvalue weighted by atomic mass is 10.1. The van der Waals surface area contributed by atoms with E-state index in [1.165, 1.54) is 19.8 Å². The summed E-state index contributed by atoms with van der Waals surface area (Å²) in [6.45, 7) is 3.60. The van der Waals surface area contributed by atoms with Crippen molar-refractivity contribution >= 4 is 36.4 Å². The van der Waals surface area contributed by atoms with Crippen molar-refractivity contribution in [1.29, 1.82) is 0 Å². The largest absolute Gasteiger partial charge is 0.412 e. The van der Waals surface area contributed by atoms with Crippen LogP contribution in [0.15, 0.2) is 0 Å². The Kier molecular flexibility index (Phi) is 37.6. The third kappa shape index (κ3) is 23.6. The van der Waals surface area contributed by atoms with E-state index in [4.69, 9.17) is 0 Å². The zero-order chi connectivity index (χ0) is 9.40. The van der Waals surface area contributed by atoms with Gasteiger partial charge in [-0.05, 0) is 13.3 Å². The topological polar surface area (TPSA) is 97.1 Å². The highest BCUT2D eigenvalue weighted by molar-refractivity contribution is 5.97. The molecule has 0 bridgehead atoms. The van der Waals surface area contributed by atoms with Gasteiger partial charge >= 0.3 is 0 Å². The second kappa shape index (κ2) is 20.3. The summed E-state index contributed by atoms with van der Waals surface area (Å²) in [7, 11) is 0. The third-order valence-corrected chi connectivity index (χ3v) is 1.76. The number of hydrogen-bond acceptors (Lipinski definition) is 2. The van der Waals surface area contributed by atoms with Crippen LogP contribution in [0.4, 0.5) is 0 Å². The van der Waals surface area contributed by atoms with E-state index in [2.05, 4.69) is 6.92 Å². The van der Waals surface area contributed by atoms with Crippen LogP contribution in [-0.2, 0) is 9.59 Å². The van der Waals surface area contributed by atoms with Crippen molar-refractivity contribution in [2.24, 2.45) is 0 Å². The Labute approximate surface area is 110 Å². The van der Waals surface area contributed by atoms with Crippen LogP contribution in [-0.4, -0.2) is 22.5 Å². The maximum absolute atomic E-state index is 11.0. The van der Waals surface area contributed by atoms with Crippen molar-refractivity contribution in [2.45, 2.75) is 52.4 Å². The smallest absolute Gasteiger partial charge is 0.140 e. The van der Waals surface area contributed by atoms with Gasteiger partial charge in [0, 0.05) is 6.42 Å². The van der Waals surface area contributed by atoms with Gasteiger partial charge in [0.25, 0.3) is 0 Å². The second-order valence-corrected chi connectivity index (χ2v) is 3.23. The van der Waals surface area contributed by atoms with Crippen LogP contribution in [0.3, 0.4) is 0 Å². The van der Waals surface area contributed by atoms with Gasteiger partial charge in [-0.25, -0.2) is 0 Å². The van der Waals surface area contributed by atoms with Crippen LogP contribution in [0.1, 0.15) is 52.4 Å². The van der Waals surface area contributed by atoms with Gasteiger partial charge in [0.1, 0.15) is 11.6 Å². The Balaban J connectivity index is -0.000000101. The monoisotopic (exact) mass is 278 g/mol. The molecule has 0 aromatic heterocycles. The van der Waals surface area contributed by atoms with Gasteiger partial charge in [0.2, 0.25) is 0 Å². The van der Waals surface area contributed by atoms with Crippen LogP contribution in [0.2, 0.25) is 0 Å². The normalized spacial score (nSPS) is 7.38. The minimum Gasteiger partial charge on any atom is -0.412 e. The maximum Gasteiger partial charge on any atom is 0.140 e. The lowest BCUT2D eigenvalue weighted by Gasteiger charge is -1.97. The molecule has 0 unspecified atom stereocenters. The number of Topliss-reactive ketones (excluding diaryl/α,β-unsaturated/α-hetero) is 2. The molecule has 0 atom stereocenters. The number of ketones is 2. The quantitative estimate of drug-likeness (QED) is 0.523. The molecule has 0 heterocycles. The Morgan fingerprint density at radius 2 is 1.44 bits per heavy atom. The summed E-state index contributed by atoms with van der Waals surface area (Å²) in [6.07, 6.45) is 5.14. The van der Waals surface area contributed by atoms with Gasteiger partial charge in [-0.2, -0.15) is 0 Å². The maximum atomic E-state index is 11.0. The lowest BCUT2D eigenvalue weighted by Crippen LogP contribution is -2.03. The van der Waals surface area contributed by atoms with Gasteiger partial charge in [-0.3, -0.25) is 9.59 Å². The zero-order valence-electron chi connectivity index (χ0n) is 9.88. The highest BCUT2D eigenvalue weighted by atomic mass is 35.5. The van der Waals surface area contributed by atoms with E-state index in [-0.39, 0.29) is 53.8 Å². The molecule has 0 saturated heterocycles. The SMILES string of the molecule is CCCCCCC(=O)CC(C)=O.Cl.Cl.O.O. The van der Waals surface area contributed by atoms with Crippen LogP contribution >= 0.6 is 24.8 Å². The summed E-state index contributed by atoms with van der Waals surface area (Å²) in [4.78, 5) is 21.5. The minimum atomic E-state index is -0.0181. The molecule has 0 aromatic rings. The number of carbonyl (C=O) groups excluding carboxylic acids is 2. The average Bonchev–Trinajstić information content (AvgIpc) is 1.97. The molecule has 0 radical (unpaired) electrons. The van der Waals surface area contributed by atoms with E-state index in [0.29, 0.717) is 6.42 Å². The number of rotatable bonds is 7. The lowest BCUT2D eigenvalue weighted by molar-refractivity contribution is -0.125. The number of carbonyl (C=O) groups is 2. The van der Waals surface area contributed by atoms with Gasteiger partial charge in [0.15, 0.2) is 0 Å². The molecule has 0 amide bonds. The van der Waals surface area contributed by atoms with Crippen molar-refractivity contribution < 1.29 is 20.5 Å². The van der Waals surface area contributed by atoms with Crippen molar-refractivity contribution in [3.8, 4) is 0 Å². The van der Waals surface area contributed by atoms with E-state index in [9.17, 15) is 9.59 Å². The van der Waals surface area contributed by atoms with Gasteiger partial charge in [-0.1, -0.05) is 26.2 Å². The van der Waals surface area contributed by atoms with E-state index in [1.54, 1.807) is 0 Å². The highest BCUT2D eigenvalue weighted by Crippen LogP contribution is 2.04. The Hall–Kier alpha value is -0.160. The molecule has 0 aliphatic heterocycles. The molecule has 0 aliphatic rings. The van der Waals surface area contributed by atoms with E-state index in [0.717, 1.165) is 12.8 Å². The number of halogens is 2. The third-order valence-electron chi connectivity index (χ3n) is 1.76. The van der Waals surface area contributed by atoms with Crippen LogP contribution in [0, 0.1) is 0 Å². The summed E-state index contributed by atoms with van der Waals surface area (Å²) in [5.41, 5.74) is 0. The molecule has 16 heavy (non-hydrogen) atoms. The standard InChI is InChI=1S/C10H18O2.2ClH.2H2O/c1-3-4-5-6-7-10(12)8-9(2)11;;;;/h3-8H2,1-2H3;2*1H;2*1H2. The fourth-order valence-electron chi connectivity index (χ4n) is 1.11. The minimum absolute atomic E-state index is 0. The Morgan fingerprint density at radius 1 is 0.938 bits per heavy atom. The fraction of sp³-hybridized carbons (Fsp3) is 0.800. The molecule has 6 heteroatoms. The summed E-state index contributed by atoms with van der Waals surface area (Å²) in [5.74, 6) is 0.0779. The van der Waals surface area contributed by atoms with Crippen molar-refractivity contribution in [1.82, 2.24) is 0 Å². The molecule has 0 fully saturated rings. The molecule has 0 aliphatic carbocycles.